The predicted molar refractivity (Wildman–Crippen MR) is 91.8 cm³/mol. The van der Waals surface area contributed by atoms with Crippen molar-refractivity contribution in [1.29, 1.82) is 0 Å². The van der Waals surface area contributed by atoms with Crippen molar-refractivity contribution in [3.63, 3.8) is 0 Å². The zero-order valence-corrected chi connectivity index (χ0v) is 15.1. The van der Waals surface area contributed by atoms with Crippen molar-refractivity contribution < 1.29 is 18.8 Å². The summed E-state index contributed by atoms with van der Waals surface area (Å²) < 4.78 is 17.2. The van der Waals surface area contributed by atoms with E-state index >= 15 is 0 Å². The van der Waals surface area contributed by atoms with Crippen LogP contribution in [0.3, 0.4) is 0 Å². The molecule has 1 fully saturated rings. The van der Waals surface area contributed by atoms with Crippen LogP contribution in [0.4, 0.5) is 0 Å². The first kappa shape index (κ1) is 18.0. The van der Waals surface area contributed by atoms with Gasteiger partial charge in [0.2, 0.25) is 0 Å². The summed E-state index contributed by atoms with van der Waals surface area (Å²) >= 11 is 0. The summed E-state index contributed by atoms with van der Waals surface area (Å²) in [7, 11) is -0.373. The normalized spacial score (nSPS) is 19.0. The van der Waals surface area contributed by atoms with Crippen LogP contribution >= 0.6 is 0 Å². The van der Waals surface area contributed by atoms with Crippen molar-refractivity contribution in [2.45, 2.75) is 65.6 Å². The van der Waals surface area contributed by atoms with Gasteiger partial charge in [-0.2, -0.15) is 0 Å². The molecule has 23 heavy (non-hydrogen) atoms. The Balaban J connectivity index is 2.13. The van der Waals surface area contributed by atoms with Crippen molar-refractivity contribution in [3.05, 3.63) is 29.3 Å². The third kappa shape index (κ3) is 3.96. The van der Waals surface area contributed by atoms with E-state index in [-0.39, 0.29) is 24.3 Å². The van der Waals surface area contributed by atoms with E-state index < -0.39 is 0 Å². The highest BCUT2D eigenvalue weighted by atomic mass is 16.7. The molecule has 0 aliphatic carbocycles. The second-order valence-corrected chi connectivity index (χ2v) is 7.08. The van der Waals surface area contributed by atoms with Crippen LogP contribution in [0.5, 0.6) is 0 Å². The number of carbonyl (C=O) groups is 1. The van der Waals surface area contributed by atoms with E-state index in [1.54, 1.807) is 0 Å². The Hall–Kier alpha value is -1.33. The molecule has 1 aromatic rings. The van der Waals surface area contributed by atoms with Gasteiger partial charge >= 0.3 is 13.1 Å². The molecule has 1 aromatic carbocycles. The quantitative estimate of drug-likeness (QED) is 0.619. The third-order valence-corrected chi connectivity index (χ3v) is 4.80. The SMILES string of the molecule is CCOC(=O)CCc1cc(B2OC(C)(C)C(C)(C)O2)ccc1C. The molecule has 0 bridgehead atoms. The number of ether oxygens (including phenoxy) is 1. The first-order valence-electron chi connectivity index (χ1n) is 8.27. The molecule has 0 saturated carbocycles. The number of hydrogen-bond donors (Lipinski definition) is 0. The predicted octanol–water partition coefficient (Wildman–Crippen LogP) is 2.79. The molecule has 4 nitrogen and oxygen atoms in total. The van der Waals surface area contributed by atoms with Gasteiger partial charge in [0.1, 0.15) is 0 Å². The second-order valence-electron chi connectivity index (χ2n) is 7.08. The Morgan fingerprint density at radius 3 is 2.35 bits per heavy atom. The molecule has 0 N–H and O–H groups in total. The zero-order chi connectivity index (χ0) is 17.3. The minimum Gasteiger partial charge on any atom is -0.466 e. The number of hydrogen-bond acceptors (Lipinski definition) is 4. The summed E-state index contributed by atoms with van der Waals surface area (Å²) in [4.78, 5) is 11.6. The maximum absolute atomic E-state index is 11.6. The van der Waals surface area contributed by atoms with E-state index in [0.29, 0.717) is 19.4 Å². The van der Waals surface area contributed by atoms with E-state index in [9.17, 15) is 4.79 Å². The van der Waals surface area contributed by atoms with Gasteiger partial charge in [0, 0.05) is 6.42 Å². The van der Waals surface area contributed by atoms with Gasteiger partial charge in [-0.05, 0) is 64.6 Å². The number of aryl methyl sites for hydroxylation is 2. The molecule has 1 aliphatic rings. The fourth-order valence-corrected chi connectivity index (χ4v) is 2.56. The summed E-state index contributed by atoms with van der Waals surface area (Å²) in [6, 6.07) is 6.17. The maximum Gasteiger partial charge on any atom is 0.494 e. The number of carbonyl (C=O) groups excluding carboxylic acids is 1. The van der Waals surface area contributed by atoms with E-state index in [1.807, 2.05) is 40.7 Å². The molecule has 0 radical (unpaired) electrons. The molecular weight excluding hydrogens is 291 g/mol. The average molecular weight is 318 g/mol. The summed E-state index contributed by atoms with van der Waals surface area (Å²) in [6.07, 6.45) is 1.06. The lowest BCUT2D eigenvalue weighted by Crippen LogP contribution is -2.41. The van der Waals surface area contributed by atoms with Crippen LogP contribution in [-0.2, 0) is 25.3 Å². The smallest absolute Gasteiger partial charge is 0.466 e. The van der Waals surface area contributed by atoms with Crippen LogP contribution in [0.15, 0.2) is 18.2 Å². The molecule has 5 heteroatoms. The molecule has 0 spiro atoms. The van der Waals surface area contributed by atoms with Crippen LogP contribution in [-0.4, -0.2) is 30.9 Å². The molecule has 1 aliphatic heterocycles. The largest absolute Gasteiger partial charge is 0.494 e. The minimum atomic E-state index is -0.373. The lowest BCUT2D eigenvalue weighted by atomic mass is 9.77. The fourth-order valence-electron chi connectivity index (χ4n) is 2.56. The van der Waals surface area contributed by atoms with Gasteiger partial charge in [-0.1, -0.05) is 18.2 Å². The van der Waals surface area contributed by atoms with Crippen LogP contribution in [0, 0.1) is 6.92 Å². The van der Waals surface area contributed by atoms with Gasteiger partial charge in [-0.25, -0.2) is 0 Å². The topological polar surface area (TPSA) is 44.8 Å². The first-order chi connectivity index (χ1) is 10.7. The second kappa shape index (κ2) is 6.66. The number of rotatable bonds is 5. The highest BCUT2D eigenvalue weighted by Crippen LogP contribution is 2.36. The van der Waals surface area contributed by atoms with E-state index in [2.05, 4.69) is 19.1 Å². The summed E-state index contributed by atoms with van der Waals surface area (Å²) in [5.74, 6) is -0.159. The van der Waals surface area contributed by atoms with Gasteiger partial charge in [0.25, 0.3) is 0 Å². The summed E-state index contributed by atoms with van der Waals surface area (Å²) in [6.45, 7) is 12.5. The molecule has 0 atom stereocenters. The number of benzene rings is 1. The highest BCUT2D eigenvalue weighted by Gasteiger charge is 2.51. The average Bonchev–Trinajstić information content (AvgIpc) is 2.67. The Morgan fingerprint density at radius 1 is 1.17 bits per heavy atom. The van der Waals surface area contributed by atoms with E-state index in [0.717, 1.165) is 16.6 Å². The highest BCUT2D eigenvalue weighted by molar-refractivity contribution is 6.62. The molecule has 126 valence electrons. The molecular formula is C18H27BO4. The standard InChI is InChI=1S/C18H27BO4/c1-7-21-16(20)11-9-14-12-15(10-8-13(14)2)19-22-17(3,4)18(5,6)23-19/h8,10,12H,7,9,11H2,1-6H3. The first-order valence-corrected chi connectivity index (χ1v) is 8.27. The lowest BCUT2D eigenvalue weighted by molar-refractivity contribution is -0.143. The molecule has 1 saturated heterocycles. The Kier molecular flexibility index (Phi) is 5.22. The lowest BCUT2D eigenvalue weighted by Gasteiger charge is -2.32. The van der Waals surface area contributed by atoms with E-state index in [1.165, 1.54) is 0 Å². The minimum absolute atomic E-state index is 0.159. The van der Waals surface area contributed by atoms with Gasteiger partial charge < -0.3 is 14.0 Å². The summed E-state index contributed by atoms with van der Waals surface area (Å²) in [5.41, 5.74) is 2.58. The van der Waals surface area contributed by atoms with Crippen molar-refractivity contribution in [1.82, 2.24) is 0 Å². The van der Waals surface area contributed by atoms with E-state index in [4.69, 9.17) is 14.0 Å². The third-order valence-electron chi connectivity index (χ3n) is 4.80. The molecule has 0 amide bonds. The number of esters is 1. The van der Waals surface area contributed by atoms with Gasteiger partial charge in [-0.3, -0.25) is 4.79 Å². The van der Waals surface area contributed by atoms with Gasteiger partial charge in [-0.15, -0.1) is 0 Å². The molecule has 1 heterocycles. The van der Waals surface area contributed by atoms with Crippen LogP contribution in [0.2, 0.25) is 0 Å². The molecule has 0 unspecified atom stereocenters. The monoisotopic (exact) mass is 318 g/mol. The van der Waals surface area contributed by atoms with Crippen LogP contribution in [0.25, 0.3) is 0 Å². The van der Waals surface area contributed by atoms with Gasteiger partial charge in [0.15, 0.2) is 0 Å². The van der Waals surface area contributed by atoms with Crippen LogP contribution in [0.1, 0.15) is 52.2 Å². The van der Waals surface area contributed by atoms with Gasteiger partial charge in [0.05, 0.1) is 17.8 Å². The fraction of sp³-hybridized carbons (Fsp3) is 0.611. The molecule has 0 aromatic heterocycles. The van der Waals surface area contributed by atoms with Crippen molar-refractivity contribution in [2.75, 3.05) is 6.61 Å². The Morgan fingerprint density at radius 2 is 1.78 bits per heavy atom. The zero-order valence-electron chi connectivity index (χ0n) is 15.1. The van der Waals surface area contributed by atoms with Crippen LogP contribution < -0.4 is 5.46 Å². The Labute approximate surface area is 139 Å². The molecule has 2 rings (SSSR count). The Bertz CT molecular complexity index is 564. The maximum atomic E-state index is 11.6. The van der Waals surface area contributed by atoms with Crippen molar-refractivity contribution in [3.8, 4) is 0 Å². The van der Waals surface area contributed by atoms with Crippen molar-refractivity contribution in [2.24, 2.45) is 0 Å². The summed E-state index contributed by atoms with van der Waals surface area (Å²) in [5, 5.41) is 0. The van der Waals surface area contributed by atoms with Crippen molar-refractivity contribution >= 4 is 18.6 Å².